The van der Waals surface area contributed by atoms with Gasteiger partial charge in [-0.05, 0) is 32.1 Å². The van der Waals surface area contributed by atoms with E-state index in [0.29, 0.717) is 0 Å². The van der Waals surface area contributed by atoms with Crippen LogP contribution in [0.25, 0.3) is 0 Å². The lowest BCUT2D eigenvalue weighted by Crippen LogP contribution is -2.32. The van der Waals surface area contributed by atoms with E-state index >= 15 is 0 Å². The highest BCUT2D eigenvalue weighted by Crippen LogP contribution is 2.12. The lowest BCUT2D eigenvalue weighted by molar-refractivity contribution is 0.457. The Hall–Kier alpha value is -0.830. The Balaban J connectivity index is 1.81. The number of hydrogen-bond acceptors (Lipinski definition) is 3. The summed E-state index contributed by atoms with van der Waals surface area (Å²) < 4.78 is 0. The van der Waals surface area contributed by atoms with Crippen LogP contribution >= 0.6 is 0 Å². The number of nitrogens with two attached hydrogens (primary N) is 1. The van der Waals surface area contributed by atoms with Crippen molar-refractivity contribution in [3.05, 3.63) is 12.2 Å². The summed E-state index contributed by atoms with van der Waals surface area (Å²) in [4.78, 5) is 6.97. The van der Waals surface area contributed by atoms with Crippen LogP contribution in [0.2, 0.25) is 0 Å². The van der Waals surface area contributed by atoms with Gasteiger partial charge < -0.3 is 10.6 Å². The molecule has 0 atom stereocenters. The van der Waals surface area contributed by atoms with Crippen LogP contribution in [0.15, 0.2) is 17.1 Å². The number of hydrogen-bond donors (Lipinski definition) is 1. The Labute approximate surface area is 163 Å². The van der Waals surface area contributed by atoms with E-state index < -0.39 is 0 Å². The molecule has 0 fully saturated rings. The minimum Gasteiger partial charge on any atom is -0.357 e. The Morgan fingerprint density at radius 1 is 0.846 bits per heavy atom. The molecule has 0 unspecified atom stereocenters. The van der Waals surface area contributed by atoms with Gasteiger partial charge in [0.25, 0.3) is 0 Å². The van der Waals surface area contributed by atoms with Gasteiger partial charge >= 0.3 is 0 Å². The van der Waals surface area contributed by atoms with Gasteiger partial charge in [0.2, 0.25) is 0 Å². The van der Waals surface area contributed by atoms with Crippen LogP contribution in [-0.2, 0) is 0 Å². The molecule has 0 saturated carbocycles. The van der Waals surface area contributed by atoms with Crippen molar-refractivity contribution in [1.29, 1.82) is 0 Å². The molecule has 0 aliphatic carbocycles. The van der Waals surface area contributed by atoms with Crippen molar-refractivity contribution < 1.29 is 0 Å². The average molecular weight is 364 g/mol. The quantitative estimate of drug-likeness (QED) is 0.236. The van der Waals surface area contributed by atoms with E-state index in [9.17, 15) is 0 Å². The zero-order valence-corrected chi connectivity index (χ0v) is 17.6. The first-order chi connectivity index (χ1) is 12.9. The SMILES string of the molecule is CCCCCCCCCCCC/C=C/CCCCC1=NCCN1CCN. The molecule has 0 radical (unpaired) electrons. The maximum Gasteiger partial charge on any atom is 0.0990 e. The van der Waals surface area contributed by atoms with Gasteiger partial charge in [0.15, 0.2) is 0 Å². The van der Waals surface area contributed by atoms with Gasteiger partial charge in [-0.15, -0.1) is 0 Å². The van der Waals surface area contributed by atoms with Crippen molar-refractivity contribution in [3.63, 3.8) is 0 Å². The Morgan fingerprint density at radius 3 is 2.04 bits per heavy atom. The number of nitrogens with zero attached hydrogens (tertiary/aromatic N) is 2. The molecule has 0 amide bonds. The summed E-state index contributed by atoms with van der Waals surface area (Å²) in [5.41, 5.74) is 5.66. The summed E-state index contributed by atoms with van der Waals surface area (Å²) in [6, 6.07) is 0. The normalized spacial score (nSPS) is 14.5. The maximum atomic E-state index is 5.66. The predicted octanol–water partition coefficient (Wildman–Crippen LogP) is 6.09. The fourth-order valence-electron chi connectivity index (χ4n) is 3.69. The number of allylic oxidation sites excluding steroid dienone is 2. The van der Waals surface area contributed by atoms with E-state index in [1.165, 1.54) is 95.7 Å². The third kappa shape index (κ3) is 12.5. The van der Waals surface area contributed by atoms with E-state index in [2.05, 4.69) is 29.0 Å². The Kier molecular flexibility index (Phi) is 15.7. The third-order valence-corrected chi connectivity index (χ3v) is 5.34. The second-order valence-corrected chi connectivity index (χ2v) is 7.76. The molecule has 3 nitrogen and oxygen atoms in total. The van der Waals surface area contributed by atoms with Crippen molar-refractivity contribution in [2.24, 2.45) is 10.7 Å². The van der Waals surface area contributed by atoms with Crippen LogP contribution in [0.1, 0.15) is 103 Å². The first-order valence-electron chi connectivity index (χ1n) is 11.5. The number of unbranched alkanes of at least 4 members (excludes halogenated alkanes) is 12. The van der Waals surface area contributed by atoms with Crippen LogP contribution in [0.4, 0.5) is 0 Å². The molecule has 26 heavy (non-hydrogen) atoms. The van der Waals surface area contributed by atoms with Crippen molar-refractivity contribution >= 4 is 5.84 Å². The first-order valence-corrected chi connectivity index (χ1v) is 11.5. The van der Waals surface area contributed by atoms with Crippen LogP contribution in [0, 0.1) is 0 Å². The summed E-state index contributed by atoms with van der Waals surface area (Å²) in [5, 5.41) is 0. The molecule has 0 aromatic carbocycles. The lowest BCUT2D eigenvalue weighted by Gasteiger charge is -2.19. The second-order valence-electron chi connectivity index (χ2n) is 7.76. The average Bonchev–Trinajstić information content (AvgIpc) is 3.09. The van der Waals surface area contributed by atoms with Gasteiger partial charge in [-0.3, -0.25) is 4.99 Å². The molecule has 0 aromatic heterocycles. The van der Waals surface area contributed by atoms with E-state index in [1.807, 2.05) is 0 Å². The van der Waals surface area contributed by atoms with Gasteiger partial charge in [0.05, 0.1) is 12.4 Å². The first kappa shape index (κ1) is 23.2. The third-order valence-electron chi connectivity index (χ3n) is 5.34. The fraction of sp³-hybridized carbons (Fsp3) is 0.870. The van der Waals surface area contributed by atoms with Crippen LogP contribution in [0.3, 0.4) is 0 Å². The number of rotatable bonds is 18. The van der Waals surface area contributed by atoms with Crippen molar-refractivity contribution in [1.82, 2.24) is 4.90 Å². The van der Waals surface area contributed by atoms with Gasteiger partial charge in [-0.25, -0.2) is 0 Å². The Bertz CT molecular complexity index is 362. The van der Waals surface area contributed by atoms with Gasteiger partial charge in [0, 0.05) is 26.1 Å². The topological polar surface area (TPSA) is 41.6 Å². The number of amidine groups is 1. The van der Waals surface area contributed by atoms with Crippen molar-refractivity contribution in [2.75, 3.05) is 26.2 Å². The summed E-state index contributed by atoms with van der Waals surface area (Å²) in [6.07, 6.45) is 25.2. The summed E-state index contributed by atoms with van der Waals surface area (Å²) in [7, 11) is 0. The molecule has 2 N–H and O–H groups in total. The molecular weight excluding hydrogens is 318 g/mol. The fourth-order valence-corrected chi connectivity index (χ4v) is 3.69. The van der Waals surface area contributed by atoms with E-state index in [4.69, 9.17) is 5.73 Å². The highest BCUT2D eigenvalue weighted by molar-refractivity contribution is 5.83. The molecule has 1 rings (SSSR count). The molecule has 0 spiro atoms. The van der Waals surface area contributed by atoms with Gasteiger partial charge in [-0.1, -0.05) is 76.9 Å². The monoisotopic (exact) mass is 363 g/mol. The molecule has 3 heteroatoms. The largest absolute Gasteiger partial charge is 0.357 e. The number of aliphatic imine (C=N–C) groups is 1. The molecule has 0 bridgehead atoms. The van der Waals surface area contributed by atoms with Crippen molar-refractivity contribution in [2.45, 2.75) is 103 Å². The maximum absolute atomic E-state index is 5.66. The van der Waals surface area contributed by atoms with Crippen LogP contribution in [-0.4, -0.2) is 36.9 Å². The van der Waals surface area contributed by atoms with E-state index in [0.717, 1.165) is 32.6 Å². The Morgan fingerprint density at radius 2 is 1.42 bits per heavy atom. The molecule has 1 aliphatic rings. The molecule has 1 heterocycles. The summed E-state index contributed by atoms with van der Waals surface area (Å²) in [6.45, 7) is 6.04. The van der Waals surface area contributed by atoms with Gasteiger partial charge in [-0.2, -0.15) is 0 Å². The highest BCUT2D eigenvalue weighted by Gasteiger charge is 2.14. The second kappa shape index (κ2) is 17.6. The standard InChI is InChI=1S/C23H45N3/c1-2-3-4-5-6-7-8-9-10-11-12-13-14-15-16-17-18-23-25-20-22-26(23)21-19-24/h13-14H,2-12,15-22,24H2,1H3/b14-13+. The van der Waals surface area contributed by atoms with Crippen molar-refractivity contribution in [3.8, 4) is 0 Å². The molecule has 1 aliphatic heterocycles. The predicted molar refractivity (Wildman–Crippen MR) is 117 cm³/mol. The van der Waals surface area contributed by atoms with Crippen LogP contribution < -0.4 is 5.73 Å². The van der Waals surface area contributed by atoms with E-state index in [1.54, 1.807) is 0 Å². The molecule has 152 valence electrons. The smallest absolute Gasteiger partial charge is 0.0990 e. The van der Waals surface area contributed by atoms with E-state index in [-0.39, 0.29) is 0 Å². The summed E-state index contributed by atoms with van der Waals surface area (Å²) >= 11 is 0. The van der Waals surface area contributed by atoms with Crippen LogP contribution in [0.5, 0.6) is 0 Å². The molecular formula is C23H45N3. The zero-order chi connectivity index (χ0) is 18.7. The molecule has 0 aromatic rings. The lowest BCUT2D eigenvalue weighted by atomic mass is 10.1. The molecule has 0 saturated heterocycles. The minimum absolute atomic E-state index is 0.737. The zero-order valence-electron chi connectivity index (χ0n) is 17.6. The summed E-state index contributed by atoms with van der Waals surface area (Å²) in [5.74, 6) is 1.30. The highest BCUT2D eigenvalue weighted by atomic mass is 15.2. The minimum atomic E-state index is 0.737. The van der Waals surface area contributed by atoms with Gasteiger partial charge in [0.1, 0.15) is 0 Å².